The molecule has 28 heavy (non-hydrogen) atoms. The lowest BCUT2D eigenvalue weighted by Gasteiger charge is -2.29. The average Bonchev–Trinajstić information content (AvgIpc) is 2.99. The number of carbonyl (C=O) groups is 3. The minimum atomic E-state index is -0.579. The largest absolute Gasteiger partial charge is 0.399 e. The summed E-state index contributed by atoms with van der Waals surface area (Å²) in [5, 5.41) is 5.71. The van der Waals surface area contributed by atoms with E-state index in [1.165, 1.54) is 0 Å². The zero-order valence-electron chi connectivity index (χ0n) is 15.4. The highest BCUT2D eigenvalue weighted by Gasteiger charge is 2.38. The number of carbonyl (C=O) groups excluding carboxylic acids is 3. The number of piperidine rings is 1. The number of hydrogen-bond donors (Lipinski definition) is 3. The number of fused-ring (bicyclic) bond motifs is 1. The molecule has 4 rings (SSSR count). The molecule has 0 spiro atoms. The number of hydrogen-bond acceptors (Lipinski definition) is 5. The van der Waals surface area contributed by atoms with Gasteiger partial charge in [-0.3, -0.25) is 19.7 Å². The number of anilines is 1. The third-order valence-corrected chi connectivity index (χ3v) is 5.23. The Hall–Kier alpha value is -3.19. The molecule has 1 unspecified atom stereocenters. The van der Waals surface area contributed by atoms with Crippen LogP contribution in [0.25, 0.3) is 0 Å². The Morgan fingerprint density at radius 2 is 1.75 bits per heavy atom. The molecule has 0 radical (unpaired) electrons. The quantitative estimate of drug-likeness (QED) is 0.538. The molecule has 2 aliphatic heterocycles. The molecule has 7 heteroatoms. The van der Waals surface area contributed by atoms with Gasteiger partial charge in [0.1, 0.15) is 6.04 Å². The van der Waals surface area contributed by atoms with Gasteiger partial charge in [0.25, 0.3) is 5.91 Å². The van der Waals surface area contributed by atoms with Crippen molar-refractivity contribution in [2.45, 2.75) is 38.5 Å². The summed E-state index contributed by atoms with van der Waals surface area (Å²) >= 11 is 0. The monoisotopic (exact) mass is 378 g/mol. The third kappa shape index (κ3) is 3.61. The fraction of sp³-hybridized carbons (Fsp3) is 0.286. The van der Waals surface area contributed by atoms with Gasteiger partial charge in [-0.05, 0) is 41.3 Å². The van der Waals surface area contributed by atoms with E-state index in [2.05, 4.69) is 10.6 Å². The molecule has 1 atom stereocenters. The SMILES string of the molecule is Nc1ccc(CNCc2ccc3c(c2)CN(C2CCC(=O)NC2=O)C3=O)cc1. The number of amides is 3. The summed E-state index contributed by atoms with van der Waals surface area (Å²) in [6.07, 6.45) is 0.636. The third-order valence-electron chi connectivity index (χ3n) is 5.23. The highest BCUT2D eigenvalue weighted by Crippen LogP contribution is 2.28. The van der Waals surface area contributed by atoms with Gasteiger partial charge in [0.15, 0.2) is 0 Å². The van der Waals surface area contributed by atoms with Gasteiger partial charge >= 0.3 is 0 Å². The minimum Gasteiger partial charge on any atom is -0.399 e. The Morgan fingerprint density at radius 3 is 2.50 bits per heavy atom. The highest BCUT2D eigenvalue weighted by atomic mass is 16.2. The van der Waals surface area contributed by atoms with E-state index in [-0.39, 0.29) is 24.1 Å². The summed E-state index contributed by atoms with van der Waals surface area (Å²) in [6.45, 7) is 1.79. The van der Waals surface area contributed by atoms with E-state index in [4.69, 9.17) is 5.73 Å². The molecule has 2 heterocycles. The predicted molar refractivity (Wildman–Crippen MR) is 104 cm³/mol. The maximum Gasteiger partial charge on any atom is 0.255 e. The Morgan fingerprint density at radius 1 is 1.04 bits per heavy atom. The van der Waals surface area contributed by atoms with E-state index >= 15 is 0 Å². The van der Waals surface area contributed by atoms with Crippen molar-refractivity contribution in [1.82, 2.24) is 15.5 Å². The molecule has 1 saturated heterocycles. The first kappa shape index (κ1) is 18.2. The van der Waals surface area contributed by atoms with E-state index < -0.39 is 6.04 Å². The molecule has 7 nitrogen and oxygen atoms in total. The number of nitrogens with two attached hydrogens (primary N) is 1. The van der Waals surface area contributed by atoms with Gasteiger partial charge in [0.2, 0.25) is 11.8 Å². The van der Waals surface area contributed by atoms with Crippen molar-refractivity contribution in [3.63, 3.8) is 0 Å². The second-order valence-corrected chi connectivity index (χ2v) is 7.24. The van der Waals surface area contributed by atoms with Crippen molar-refractivity contribution in [3.05, 3.63) is 64.7 Å². The first-order chi connectivity index (χ1) is 13.5. The topological polar surface area (TPSA) is 105 Å². The van der Waals surface area contributed by atoms with E-state index in [0.717, 1.165) is 28.9 Å². The molecule has 3 amide bonds. The number of rotatable bonds is 5. The zero-order valence-corrected chi connectivity index (χ0v) is 15.4. The van der Waals surface area contributed by atoms with Gasteiger partial charge in [-0.2, -0.15) is 0 Å². The lowest BCUT2D eigenvalue weighted by Crippen LogP contribution is -2.52. The van der Waals surface area contributed by atoms with Crippen LogP contribution in [-0.4, -0.2) is 28.7 Å². The van der Waals surface area contributed by atoms with Crippen LogP contribution in [0.5, 0.6) is 0 Å². The van der Waals surface area contributed by atoms with E-state index in [9.17, 15) is 14.4 Å². The van der Waals surface area contributed by atoms with Crippen LogP contribution in [0.3, 0.4) is 0 Å². The lowest BCUT2D eigenvalue weighted by atomic mass is 10.0. The van der Waals surface area contributed by atoms with E-state index in [1.807, 2.05) is 42.5 Å². The number of nitrogen functional groups attached to an aromatic ring is 1. The molecular formula is C21H22N4O3. The zero-order chi connectivity index (χ0) is 19.7. The molecule has 4 N–H and O–H groups in total. The molecule has 0 aromatic heterocycles. The van der Waals surface area contributed by atoms with Crippen molar-refractivity contribution in [1.29, 1.82) is 0 Å². The van der Waals surface area contributed by atoms with Crippen molar-refractivity contribution >= 4 is 23.4 Å². The van der Waals surface area contributed by atoms with Crippen molar-refractivity contribution in [2.24, 2.45) is 0 Å². The molecule has 144 valence electrons. The minimum absolute atomic E-state index is 0.147. The Balaban J connectivity index is 1.40. The van der Waals surface area contributed by atoms with Gasteiger partial charge in [-0.15, -0.1) is 0 Å². The van der Waals surface area contributed by atoms with Crippen LogP contribution in [0.15, 0.2) is 42.5 Å². The van der Waals surface area contributed by atoms with Crippen LogP contribution in [0.4, 0.5) is 5.69 Å². The molecule has 2 aromatic carbocycles. The normalized spacial score (nSPS) is 18.9. The maximum atomic E-state index is 12.7. The van der Waals surface area contributed by atoms with Crippen LogP contribution in [0.2, 0.25) is 0 Å². The molecular weight excluding hydrogens is 356 g/mol. The Bertz CT molecular complexity index is 939. The highest BCUT2D eigenvalue weighted by molar-refractivity contribution is 6.05. The number of benzene rings is 2. The Labute approximate surface area is 162 Å². The summed E-state index contributed by atoms with van der Waals surface area (Å²) in [6, 6.07) is 12.9. The summed E-state index contributed by atoms with van der Waals surface area (Å²) in [4.78, 5) is 37.7. The summed E-state index contributed by atoms with van der Waals surface area (Å²) in [5.41, 5.74) is 10.2. The van der Waals surface area contributed by atoms with Gasteiger partial charge in [-0.25, -0.2) is 0 Å². The number of nitrogens with one attached hydrogen (secondary N) is 2. The second-order valence-electron chi connectivity index (χ2n) is 7.24. The van der Waals surface area contributed by atoms with Crippen LogP contribution in [0.1, 0.15) is 39.9 Å². The molecule has 1 fully saturated rings. The van der Waals surface area contributed by atoms with Gasteiger partial charge in [0.05, 0.1) is 0 Å². The first-order valence-electron chi connectivity index (χ1n) is 9.33. The summed E-state index contributed by atoms with van der Waals surface area (Å²) in [7, 11) is 0. The van der Waals surface area contributed by atoms with Crippen LogP contribution >= 0.6 is 0 Å². The van der Waals surface area contributed by atoms with E-state index in [0.29, 0.717) is 25.1 Å². The van der Waals surface area contributed by atoms with Gasteiger partial charge < -0.3 is 16.0 Å². The van der Waals surface area contributed by atoms with Crippen molar-refractivity contribution in [3.8, 4) is 0 Å². The standard InChI is InChI=1S/C21H22N4O3/c22-16-4-1-13(2-5-16)10-23-11-14-3-6-17-15(9-14)12-25(21(17)28)18-7-8-19(26)24-20(18)27/h1-6,9,18,23H,7-8,10-12,22H2,(H,24,26,27). The Kier molecular flexibility index (Phi) is 4.83. The van der Waals surface area contributed by atoms with Crippen molar-refractivity contribution in [2.75, 3.05) is 5.73 Å². The molecule has 0 saturated carbocycles. The number of nitrogens with zero attached hydrogens (tertiary/aromatic N) is 1. The fourth-order valence-corrected chi connectivity index (χ4v) is 3.72. The van der Waals surface area contributed by atoms with Crippen LogP contribution in [-0.2, 0) is 29.2 Å². The molecule has 2 aliphatic rings. The fourth-order valence-electron chi connectivity index (χ4n) is 3.72. The lowest BCUT2D eigenvalue weighted by molar-refractivity contribution is -0.136. The average molecular weight is 378 g/mol. The van der Waals surface area contributed by atoms with Crippen LogP contribution in [0, 0.1) is 0 Å². The molecule has 0 aliphatic carbocycles. The molecule has 0 bridgehead atoms. The summed E-state index contributed by atoms with van der Waals surface area (Å²) < 4.78 is 0. The summed E-state index contributed by atoms with van der Waals surface area (Å²) in [5.74, 6) is -0.812. The van der Waals surface area contributed by atoms with Crippen molar-refractivity contribution < 1.29 is 14.4 Å². The first-order valence-corrected chi connectivity index (χ1v) is 9.33. The van der Waals surface area contributed by atoms with E-state index in [1.54, 1.807) is 4.90 Å². The second kappa shape index (κ2) is 7.44. The van der Waals surface area contributed by atoms with Crippen LogP contribution < -0.4 is 16.4 Å². The predicted octanol–water partition coefficient (Wildman–Crippen LogP) is 1.32. The maximum absolute atomic E-state index is 12.7. The smallest absolute Gasteiger partial charge is 0.255 e. The van der Waals surface area contributed by atoms with Gasteiger partial charge in [-0.1, -0.05) is 24.3 Å². The molecule has 2 aromatic rings. The van der Waals surface area contributed by atoms with Gasteiger partial charge in [0, 0.05) is 37.3 Å². The number of imide groups is 1.